The van der Waals surface area contributed by atoms with Crippen LogP contribution in [-0.2, 0) is 13.6 Å². The fourth-order valence-corrected chi connectivity index (χ4v) is 3.06. The summed E-state index contributed by atoms with van der Waals surface area (Å²) >= 11 is 0. The van der Waals surface area contributed by atoms with Crippen LogP contribution in [0.1, 0.15) is 21.6 Å². The first-order valence-electron chi connectivity index (χ1n) is 8.46. The van der Waals surface area contributed by atoms with Crippen molar-refractivity contribution in [3.8, 4) is 0 Å². The lowest BCUT2D eigenvalue weighted by Crippen LogP contribution is -2.43. The van der Waals surface area contributed by atoms with Gasteiger partial charge in [0.05, 0.1) is 5.69 Å². The Kier molecular flexibility index (Phi) is 5.28. The van der Waals surface area contributed by atoms with Gasteiger partial charge in [-0.1, -0.05) is 30.3 Å². The Hall–Kier alpha value is -2.17. The fourth-order valence-electron chi connectivity index (χ4n) is 3.06. The Bertz CT molecular complexity index is 724. The van der Waals surface area contributed by atoms with Crippen LogP contribution < -0.4 is 0 Å². The molecule has 1 aliphatic heterocycles. The average Bonchev–Trinajstić information content (AvgIpc) is 3.02. The van der Waals surface area contributed by atoms with Gasteiger partial charge in [-0.25, -0.2) is 0 Å². The van der Waals surface area contributed by atoms with Crippen molar-refractivity contribution in [1.82, 2.24) is 14.4 Å². The predicted octanol–water partition coefficient (Wildman–Crippen LogP) is 2.67. The van der Waals surface area contributed by atoms with E-state index in [4.69, 9.17) is 0 Å². The molecular weight excluding hydrogens is 298 g/mol. The standard InChI is InChI=1S/C20H25N3O/c1-21-12-14-23(15-13-21)16-18-7-4-3-6-17(18)9-10-20(24)19-8-5-11-22(19)2/h3-11H,12-16H2,1-2H3/b10-9+. The number of hydrogen-bond donors (Lipinski definition) is 0. The molecule has 0 bridgehead atoms. The molecule has 126 valence electrons. The minimum atomic E-state index is 0.0388. The molecule has 0 spiro atoms. The first-order valence-corrected chi connectivity index (χ1v) is 8.46. The zero-order valence-corrected chi connectivity index (χ0v) is 14.5. The van der Waals surface area contributed by atoms with Crippen LogP contribution in [0.15, 0.2) is 48.7 Å². The van der Waals surface area contributed by atoms with Crippen LogP contribution in [0.4, 0.5) is 0 Å². The molecule has 4 heteroatoms. The number of benzene rings is 1. The summed E-state index contributed by atoms with van der Waals surface area (Å²) in [7, 11) is 4.06. The van der Waals surface area contributed by atoms with E-state index in [1.165, 1.54) is 5.56 Å². The second-order valence-corrected chi connectivity index (χ2v) is 6.48. The van der Waals surface area contributed by atoms with Crippen LogP contribution in [0.3, 0.4) is 0 Å². The van der Waals surface area contributed by atoms with E-state index in [1.54, 1.807) is 6.08 Å². The number of hydrogen-bond acceptors (Lipinski definition) is 3. The fraction of sp³-hybridized carbons (Fsp3) is 0.350. The summed E-state index contributed by atoms with van der Waals surface area (Å²) in [6.45, 7) is 5.36. The number of ketones is 1. The van der Waals surface area contributed by atoms with Crippen LogP contribution in [0, 0.1) is 0 Å². The zero-order chi connectivity index (χ0) is 16.9. The zero-order valence-electron chi connectivity index (χ0n) is 14.5. The molecule has 2 heterocycles. The van der Waals surface area contributed by atoms with Gasteiger partial charge in [0.25, 0.3) is 0 Å². The van der Waals surface area contributed by atoms with Gasteiger partial charge in [0.2, 0.25) is 5.78 Å². The van der Waals surface area contributed by atoms with E-state index >= 15 is 0 Å². The van der Waals surface area contributed by atoms with Gasteiger partial charge in [-0.3, -0.25) is 9.69 Å². The predicted molar refractivity (Wildman–Crippen MR) is 98.0 cm³/mol. The smallest absolute Gasteiger partial charge is 0.202 e. The number of rotatable bonds is 5. The Morgan fingerprint density at radius 1 is 1.04 bits per heavy atom. The summed E-state index contributed by atoms with van der Waals surface area (Å²) in [5.74, 6) is 0.0388. The number of aromatic nitrogens is 1. The number of allylic oxidation sites excluding steroid dienone is 1. The van der Waals surface area contributed by atoms with Crippen molar-refractivity contribution in [3.05, 3.63) is 65.5 Å². The molecule has 24 heavy (non-hydrogen) atoms. The van der Waals surface area contributed by atoms with Gasteiger partial charge in [0.15, 0.2) is 0 Å². The van der Waals surface area contributed by atoms with Crippen LogP contribution in [0.25, 0.3) is 6.08 Å². The molecule has 2 aromatic rings. The molecule has 1 aromatic carbocycles. The van der Waals surface area contributed by atoms with E-state index in [0.29, 0.717) is 5.69 Å². The van der Waals surface area contributed by atoms with Gasteiger partial charge < -0.3 is 9.47 Å². The third-order valence-corrected chi connectivity index (χ3v) is 4.66. The van der Waals surface area contributed by atoms with Crippen LogP contribution in [0.2, 0.25) is 0 Å². The molecule has 0 amide bonds. The molecule has 0 aliphatic carbocycles. The highest BCUT2D eigenvalue weighted by Crippen LogP contribution is 2.15. The highest BCUT2D eigenvalue weighted by molar-refractivity contribution is 6.05. The molecular formula is C20H25N3O. The van der Waals surface area contributed by atoms with Gasteiger partial charge in [0, 0.05) is 46.0 Å². The minimum Gasteiger partial charge on any atom is -0.348 e. The van der Waals surface area contributed by atoms with Crippen molar-refractivity contribution in [2.75, 3.05) is 33.2 Å². The van der Waals surface area contributed by atoms with Crippen molar-refractivity contribution in [2.24, 2.45) is 7.05 Å². The molecule has 3 rings (SSSR count). The van der Waals surface area contributed by atoms with E-state index in [1.807, 2.05) is 42.1 Å². The van der Waals surface area contributed by atoms with Gasteiger partial charge in [-0.05, 0) is 36.4 Å². The number of carbonyl (C=O) groups excluding carboxylic acids is 1. The van der Waals surface area contributed by atoms with E-state index in [2.05, 4.69) is 35.0 Å². The van der Waals surface area contributed by atoms with Gasteiger partial charge in [-0.2, -0.15) is 0 Å². The molecule has 1 fully saturated rings. The lowest BCUT2D eigenvalue weighted by atomic mass is 10.1. The first kappa shape index (κ1) is 16.7. The second kappa shape index (κ2) is 7.60. The maximum Gasteiger partial charge on any atom is 0.202 e. The van der Waals surface area contributed by atoms with Crippen molar-refractivity contribution in [3.63, 3.8) is 0 Å². The largest absolute Gasteiger partial charge is 0.348 e. The van der Waals surface area contributed by atoms with Crippen LogP contribution >= 0.6 is 0 Å². The first-order chi connectivity index (χ1) is 11.6. The van der Waals surface area contributed by atoms with Gasteiger partial charge in [0.1, 0.15) is 0 Å². The number of aryl methyl sites for hydroxylation is 1. The van der Waals surface area contributed by atoms with E-state index in [9.17, 15) is 4.79 Å². The number of piperazine rings is 1. The van der Waals surface area contributed by atoms with E-state index in [0.717, 1.165) is 38.3 Å². The molecule has 0 atom stereocenters. The van der Waals surface area contributed by atoms with Crippen molar-refractivity contribution < 1.29 is 4.79 Å². The summed E-state index contributed by atoms with van der Waals surface area (Å²) in [5, 5.41) is 0. The molecule has 1 aliphatic rings. The van der Waals surface area contributed by atoms with E-state index < -0.39 is 0 Å². The maximum atomic E-state index is 12.3. The van der Waals surface area contributed by atoms with Crippen molar-refractivity contribution in [2.45, 2.75) is 6.54 Å². The molecule has 0 N–H and O–H groups in total. The Balaban J connectivity index is 1.71. The second-order valence-electron chi connectivity index (χ2n) is 6.48. The van der Waals surface area contributed by atoms with Crippen molar-refractivity contribution >= 4 is 11.9 Å². The lowest BCUT2D eigenvalue weighted by molar-refractivity contribution is 0.104. The van der Waals surface area contributed by atoms with Gasteiger partial charge >= 0.3 is 0 Å². The third kappa shape index (κ3) is 4.02. The van der Waals surface area contributed by atoms with Crippen LogP contribution in [-0.4, -0.2) is 53.4 Å². The molecule has 1 saturated heterocycles. The summed E-state index contributed by atoms with van der Waals surface area (Å²) in [5.41, 5.74) is 3.11. The highest BCUT2D eigenvalue weighted by atomic mass is 16.1. The Morgan fingerprint density at radius 2 is 1.79 bits per heavy atom. The Morgan fingerprint density at radius 3 is 2.50 bits per heavy atom. The van der Waals surface area contributed by atoms with Crippen LogP contribution in [0.5, 0.6) is 0 Å². The molecule has 0 unspecified atom stereocenters. The molecule has 0 radical (unpaired) electrons. The normalized spacial score (nSPS) is 16.8. The average molecular weight is 323 g/mol. The summed E-state index contributed by atoms with van der Waals surface area (Å²) in [4.78, 5) is 17.2. The highest BCUT2D eigenvalue weighted by Gasteiger charge is 2.14. The molecule has 4 nitrogen and oxygen atoms in total. The summed E-state index contributed by atoms with van der Waals surface area (Å²) < 4.78 is 1.85. The molecule has 0 saturated carbocycles. The lowest BCUT2D eigenvalue weighted by Gasteiger charge is -2.32. The van der Waals surface area contributed by atoms with E-state index in [-0.39, 0.29) is 5.78 Å². The minimum absolute atomic E-state index is 0.0388. The third-order valence-electron chi connectivity index (χ3n) is 4.66. The summed E-state index contributed by atoms with van der Waals surface area (Å²) in [6, 6.07) is 12.1. The Labute approximate surface area is 144 Å². The van der Waals surface area contributed by atoms with Crippen molar-refractivity contribution in [1.29, 1.82) is 0 Å². The molecule has 1 aromatic heterocycles. The number of nitrogens with zero attached hydrogens (tertiary/aromatic N) is 3. The SMILES string of the molecule is CN1CCN(Cc2ccccc2/C=C/C(=O)c2cccn2C)CC1. The monoisotopic (exact) mass is 323 g/mol. The topological polar surface area (TPSA) is 28.5 Å². The number of carbonyl (C=O) groups is 1. The van der Waals surface area contributed by atoms with Gasteiger partial charge in [-0.15, -0.1) is 0 Å². The maximum absolute atomic E-state index is 12.3. The number of likely N-dealkylation sites (N-methyl/N-ethyl adjacent to an activating group) is 1. The summed E-state index contributed by atoms with van der Waals surface area (Å²) in [6.07, 6.45) is 5.52. The quantitative estimate of drug-likeness (QED) is 0.626.